The molecule has 2 heterocycles. The molecule has 0 aliphatic heterocycles. The summed E-state index contributed by atoms with van der Waals surface area (Å²) >= 11 is 0. The third kappa shape index (κ3) is 4.66. The number of benzene rings is 2. The van der Waals surface area contributed by atoms with Gasteiger partial charge in [-0.3, -0.25) is 5.10 Å². The Labute approximate surface area is 185 Å². The highest BCUT2D eigenvalue weighted by Gasteiger charge is 2.17. The topological polar surface area (TPSA) is 111 Å². The maximum absolute atomic E-state index is 12.6. The van der Waals surface area contributed by atoms with Gasteiger partial charge in [0.2, 0.25) is 0 Å². The fourth-order valence-corrected chi connectivity index (χ4v) is 3.31. The quantitative estimate of drug-likeness (QED) is 0.470. The SMILES string of the molecule is Cc1ccc(-c2cc(OC(=O)NC(C)c3ccn[nH]3)cc(-n3nnnc3C(C)C)c2)cc1. The molecule has 0 saturated heterocycles. The summed E-state index contributed by atoms with van der Waals surface area (Å²) in [7, 11) is 0. The van der Waals surface area contributed by atoms with Crippen LogP contribution in [-0.2, 0) is 0 Å². The van der Waals surface area contributed by atoms with Crippen molar-refractivity contribution in [3.8, 4) is 22.6 Å². The average molecular weight is 432 g/mol. The van der Waals surface area contributed by atoms with Crippen LogP contribution in [0.1, 0.15) is 49.8 Å². The minimum atomic E-state index is -0.570. The van der Waals surface area contributed by atoms with Crippen molar-refractivity contribution < 1.29 is 9.53 Å². The fourth-order valence-electron chi connectivity index (χ4n) is 3.31. The van der Waals surface area contributed by atoms with E-state index in [4.69, 9.17) is 4.74 Å². The Kier molecular flexibility index (Phi) is 5.98. The molecule has 0 spiro atoms. The molecule has 4 rings (SSSR count). The van der Waals surface area contributed by atoms with Gasteiger partial charge in [-0.2, -0.15) is 9.78 Å². The Morgan fingerprint density at radius 2 is 1.84 bits per heavy atom. The molecule has 2 N–H and O–H groups in total. The molecular weight excluding hydrogens is 406 g/mol. The normalized spacial score (nSPS) is 12.0. The van der Waals surface area contributed by atoms with E-state index in [2.05, 4.69) is 31.0 Å². The van der Waals surface area contributed by atoms with Crippen LogP contribution in [0.3, 0.4) is 0 Å². The number of hydrogen-bond donors (Lipinski definition) is 2. The lowest BCUT2D eigenvalue weighted by Gasteiger charge is -2.15. The number of aryl methyl sites for hydroxylation is 1. The van der Waals surface area contributed by atoms with Gasteiger partial charge in [-0.15, -0.1) is 5.10 Å². The van der Waals surface area contributed by atoms with Gasteiger partial charge in [-0.1, -0.05) is 43.7 Å². The molecule has 0 bridgehead atoms. The predicted octanol–water partition coefficient (Wildman–Crippen LogP) is 4.33. The van der Waals surface area contributed by atoms with Crippen LogP contribution < -0.4 is 10.1 Å². The number of amides is 1. The van der Waals surface area contributed by atoms with Gasteiger partial charge in [0, 0.05) is 18.2 Å². The molecule has 2 aromatic heterocycles. The van der Waals surface area contributed by atoms with Crippen molar-refractivity contribution in [2.24, 2.45) is 0 Å². The van der Waals surface area contributed by atoms with Crippen molar-refractivity contribution in [2.45, 2.75) is 39.7 Å². The van der Waals surface area contributed by atoms with E-state index in [1.807, 2.05) is 64.1 Å². The number of aromatic amines is 1. The molecule has 4 aromatic rings. The highest BCUT2D eigenvalue weighted by Crippen LogP contribution is 2.29. The molecule has 2 aromatic carbocycles. The number of carbonyl (C=O) groups excluding carboxylic acids is 1. The van der Waals surface area contributed by atoms with E-state index >= 15 is 0 Å². The van der Waals surface area contributed by atoms with Crippen LogP contribution in [-0.4, -0.2) is 36.5 Å². The lowest BCUT2D eigenvalue weighted by molar-refractivity contribution is 0.196. The molecule has 164 valence electrons. The lowest BCUT2D eigenvalue weighted by Crippen LogP contribution is -2.29. The number of nitrogens with zero attached hydrogens (tertiary/aromatic N) is 5. The molecule has 1 amide bonds. The number of rotatable bonds is 6. The number of ether oxygens (including phenoxy) is 1. The second-order valence-corrected chi connectivity index (χ2v) is 7.95. The van der Waals surface area contributed by atoms with E-state index in [1.54, 1.807) is 23.0 Å². The summed E-state index contributed by atoms with van der Waals surface area (Å²) in [5, 5.41) is 21.7. The summed E-state index contributed by atoms with van der Waals surface area (Å²) in [6.45, 7) is 7.93. The highest BCUT2D eigenvalue weighted by molar-refractivity contribution is 5.74. The number of hydrogen-bond acceptors (Lipinski definition) is 6. The zero-order chi connectivity index (χ0) is 22.7. The molecule has 0 fully saturated rings. The Bertz CT molecular complexity index is 1200. The molecule has 0 aliphatic rings. The van der Waals surface area contributed by atoms with Crippen LogP contribution in [0.4, 0.5) is 4.79 Å². The number of carbonyl (C=O) groups is 1. The summed E-state index contributed by atoms with van der Waals surface area (Å²) in [5.74, 6) is 1.22. The second kappa shape index (κ2) is 9.01. The van der Waals surface area contributed by atoms with Crippen LogP contribution in [0.5, 0.6) is 5.75 Å². The summed E-state index contributed by atoms with van der Waals surface area (Å²) in [6.07, 6.45) is 1.06. The van der Waals surface area contributed by atoms with Gasteiger partial charge in [0.05, 0.1) is 17.4 Å². The fraction of sp³-hybridized carbons (Fsp3) is 0.261. The second-order valence-electron chi connectivity index (χ2n) is 7.95. The first-order valence-electron chi connectivity index (χ1n) is 10.4. The zero-order valence-electron chi connectivity index (χ0n) is 18.4. The first-order chi connectivity index (χ1) is 15.4. The maximum atomic E-state index is 12.6. The summed E-state index contributed by atoms with van der Waals surface area (Å²) in [6, 6.07) is 15.2. The van der Waals surface area contributed by atoms with Crippen LogP contribution in [0.15, 0.2) is 54.7 Å². The smallest absolute Gasteiger partial charge is 0.410 e. The number of nitrogens with one attached hydrogen (secondary N) is 2. The minimum absolute atomic E-state index is 0.121. The van der Waals surface area contributed by atoms with Crippen molar-refractivity contribution in [1.29, 1.82) is 0 Å². The Hall–Kier alpha value is -4.01. The van der Waals surface area contributed by atoms with E-state index in [1.165, 1.54) is 0 Å². The van der Waals surface area contributed by atoms with Gasteiger partial charge in [0.1, 0.15) is 5.75 Å². The number of H-pyrrole nitrogens is 1. The van der Waals surface area contributed by atoms with Gasteiger partial charge >= 0.3 is 6.09 Å². The van der Waals surface area contributed by atoms with Gasteiger partial charge in [-0.05, 0) is 53.6 Å². The zero-order valence-corrected chi connectivity index (χ0v) is 18.4. The Morgan fingerprint density at radius 3 is 2.53 bits per heavy atom. The van der Waals surface area contributed by atoms with Crippen LogP contribution in [0.2, 0.25) is 0 Å². The van der Waals surface area contributed by atoms with Crippen molar-refractivity contribution in [1.82, 2.24) is 35.7 Å². The van der Waals surface area contributed by atoms with E-state index in [0.717, 1.165) is 22.4 Å². The Balaban J connectivity index is 1.67. The standard InChI is InChI=1S/C23H25N7O2/c1-14(2)22-27-28-29-30(22)19-11-18(17-7-5-15(3)6-8-17)12-20(13-19)32-23(31)25-16(4)21-9-10-24-26-21/h5-14,16H,1-4H3,(H,24,26)(H,25,31). The third-order valence-corrected chi connectivity index (χ3v) is 5.06. The van der Waals surface area contributed by atoms with Gasteiger partial charge < -0.3 is 10.1 Å². The predicted molar refractivity (Wildman–Crippen MR) is 120 cm³/mol. The third-order valence-electron chi connectivity index (χ3n) is 5.06. The summed E-state index contributed by atoms with van der Waals surface area (Å²) in [5.41, 5.74) is 4.54. The van der Waals surface area contributed by atoms with Crippen LogP contribution in [0.25, 0.3) is 16.8 Å². The summed E-state index contributed by atoms with van der Waals surface area (Å²) in [4.78, 5) is 12.6. The molecule has 9 heteroatoms. The summed E-state index contributed by atoms with van der Waals surface area (Å²) < 4.78 is 7.31. The maximum Gasteiger partial charge on any atom is 0.413 e. The van der Waals surface area contributed by atoms with Crippen molar-refractivity contribution >= 4 is 6.09 Å². The first-order valence-corrected chi connectivity index (χ1v) is 10.4. The van der Waals surface area contributed by atoms with E-state index < -0.39 is 6.09 Å². The van der Waals surface area contributed by atoms with Crippen molar-refractivity contribution in [3.05, 3.63) is 71.8 Å². The van der Waals surface area contributed by atoms with E-state index in [-0.39, 0.29) is 12.0 Å². The van der Waals surface area contributed by atoms with Crippen LogP contribution >= 0.6 is 0 Å². The molecule has 0 saturated carbocycles. The molecule has 0 radical (unpaired) electrons. The highest BCUT2D eigenvalue weighted by atomic mass is 16.6. The van der Waals surface area contributed by atoms with Crippen molar-refractivity contribution in [2.75, 3.05) is 0 Å². The Morgan fingerprint density at radius 1 is 1.06 bits per heavy atom. The molecule has 32 heavy (non-hydrogen) atoms. The number of aromatic nitrogens is 6. The first kappa shape index (κ1) is 21.2. The minimum Gasteiger partial charge on any atom is -0.410 e. The van der Waals surface area contributed by atoms with Crippen molar-refractivity contribution in [3.63, 3.8) is 0 Å². The number of tetrazole rings is 1. The van der Waals surface area contributed by atoms with Gasteiger partial charge in [0.25, 0.3) is 0 Å². The average Bonchev–Trinajstić information content (AvgIpc) is 3.46. The monoisotopic (exact) mass is 431 g/mol. The molecule has 1 unspecified atom stereocenters. The molecular formula is C23H25N7O2. The van der Waals surface area contributed by atoms with Gasteiger partial charge in [-0.25, -0.2) is 4.79 Å². The van der Waals surface area contributed by atoms with E-state index in [9.17, 15) is 4.79 Å². The van der Waals surface area contributed by atoms with Crippen LogP contribution in [0, 0.1) is 6.92 Å². The molecule has 9 nitrogen and oxygen atoms in total. The van der Waals surface area contributed by atoms with Gasteiger partial charge in [0.15, 0.2) is 5.82 Å². The van der Waals surface area contributed by atoms with E-state index in [0.29, 0.717) is 17.3 Å². The lowest BCUT2D eigenvalue weighted by atomic mass is 10.0. The molecule has 0 aliphatic carbocycles. The molecule has 1 atom stereocenters. The largest absolute Gasteiger partial charge is 0.413 e.